The lowest BCUT2D eigenvalue weighted by atomic mass is 9.42. The quantitative estimate of drug-likeness (QED) is 0.363. The summed E-state index contributed by atoms with van der Waals surface area (Å²) in [7, 11) is 0. The van der Waals surface area contributed by atoms with E-state index < -0.39 is 16.2 Å². The van der Waals surface area contributed by atoms with E-state index in [9.17, 15) is 14.4 Å². The molecule has 1 heterocycles. The molecule has 3 aliphatic carbocycles. The van der Waals surface area contributed by atoms with Crippen molar-refractivity contribution in [2.75, 3.05) is 6.79 Å². The summed E-state index contributed by atoms with van der Waals surface area (Å²) in [6, 6.07) is 8.21. The molecule has 1 aliphatic heterocycles. The monoisotopic (exact) mass is 552 g/mol. The van der Waals surface area contributed by atoms with Gasteiger partial charge in [0.25, 0.3) is 0 Å². The highest BCUT2D eigenvalue weighted by molar-refractivity contribution is 6.24. The van der Waals surface area contributed by atoms with Crippen molar-refractivity contribution in [3.8, 4) is 22.6 Å². The highest BCUT2D eigenvalue weighted by Gasteiger charge is 2.63. The van der Waals surface area contributed by atoms with Gasteiger partial charge in [-0.05, 0) is 105 Å². The van der Waals surface area contributed by atoms with E-state index in [-0.39, 0.29) is 30.1 Å². The van der Waals surface area contributed by atoms with Crippen molar-refractivity contribution >= 4 is 17.3 Å². The van der Waals surface area contributed by atoms with E-state index in [1.54, 1.807) is 0 Å². The van der Waals surface area contributed by atoms with Gasteiger partial charge in [0.05, 0.1) is 11.0 Å². The normalized spacial score (nSPS) is 28.6. The number of ether oxygens (including phenoxy) is 2. The van der Waals surface area contributed by atoms with E-state index in [4.69, 9.17) is 9.47 Å². The summed E-state index contributed by atoms with van der Waals surface area (Å²) in [6.07, 6.45) is 2.13. The highest BCUT2D eigenvalue weighted by atomic mass is 16.7. The molecule has 0 saturated carbocycles. The zero-order valence-electron chi connectivity index (χ0n) is 25.8. The van der Waals surface area contributed by atoms with Crippen LogP contribution in [0.1, 0.15) is 101 Å². The second-order valence-corrected chi connectivity index (χ2v) is 13.9. The molecule has 0 amide bonds. The van der Waals surface area contributed by atoms with E-state index in [1.165, 1.54) is 12.5 Å². The number of carbonyl (C=O) groups is 3. The molecule has 3 unspecified atom stereocenters. The van der Waals surface area contributed by atoms with E-state index >= 15 is 0 Å². The molecule has 2 aromatic rings. The molecular weight excluding hydrogens is 512 g/mol. The molecule has 0 fully saturated rings. The number of allylic oxidation sites excluding steroid dienone is 4. The third-order valence-electron chi connectivity index (χ3n) is 10.9. The fraction of sp³-hybridized carbons (Fsp3) is 0.472. The van der Waals surface area contributed by atoms with Crippen molar-refractivity contribution in [1.82, 2.24) is 0 Å². The fourth-order valence-corrected chi connectivity index (χ4v) is 8.89. The molecule has 214 valence electrons. The Morgan fingerprint density at radius 2 is 1.63 bits per heavy atom. The largest absolute Gasteiger partial charge is 0.454 e. The summed E-state index contributed by atoms with van der Waals surface area (Å²) < 4.78 is 11.2. The number of fused-ring (bicyclic) bond motifs is 4. The summed E-state index contributed by atoms with van der Waals surface area (Å²) in [5.74, 6) is 1.38. The van der Waals surface area contributed by atoms with Crippen LogP contribution < -0.4 is 9.47 Å². The number of hydrogen-bond donors (Lipinski definition) is 0. The van der Waals surface area contributed by atoms with Gasteiger partial charge in [-0.3, -0.25) is 14.4 Å². The molecule has 4 aliphatic rings. The molecule has 0 saturated heterocycles. The van der Waals surface area contributed by atoms with E-state index in [1.807, 2.05) is 45.9 Å². The van der Waals surface area contributed by atoms with Gasteiger partial charge in [-0.2, -0.15) is 0 Å². The second kappa shape index (κ2) is 8.77. The zero-order chi connectivity index (χ0) is 29.8. The van der Waals surface area contributed by atoms with Crippen molar-refractivity contribution in [3.63, 3.8) is 0 Å². The molecule has 41 heavy (non-hydrogen) atoms. The highest BCUT2D eigenvalue weighted by Crippen LogP contribution is 2.66. The minimum Gasteiger partial charge on any atom is -0.454 e. The maximum atomic E-state index is 14.8. The Balaban J connectivity index is 1.59. The van der Waals surface area contributed by atoms with E-state index in [0.717, 1.165) is 56.7 Å². The first-order valence-corrected chi connectivity index (χ1v) is 14.7. The van der Waals surface area contributed by atoms with Crippen LogP contribution in [0.5, 0.6) is 11.5 Å². The Hall–Kier alpha value is -3.47. The van der Waals surface area contributed by atoms with Gasteiger partial charge in [-0.15, -0.1) is 0 Å². The van der Waals surface area contributed by atoms with Crippen LogP contribution in [0.15, 0.2) is 46.6 Å². The first-order chi connectivity index (χ1) is 19.1. The number of ketones is 3. The minimum atomic E-state index is -0.917. The van der Waals surface area contributed by atoms with Crippen LogP contribution in [-0.2, 0) is 16.0 Å². The SMILES string of the molecule is CC(=O)C1=C(C)CC2(C)CC3(C)Cc4c(C(C)C)cc(-c5ccc6c(c5)OCO6)c(C)c4C(=O)C3=C(C)C2(C)C1=O. The zero-order valence-corrected chi connectivity index (χ0v) is 25.8. The van der Waals surface area contributed by atoms with Gasteiger partial charge in [0, 0.05) is 16.6 Å². The topological polar surface area (TPSA) is 69.7 Å². The molecule has 5 nitrogen and oxygen atoms in total. The van der Waals surface area contributed by atoms with Crippen LogP contribution >= 0.6 is 0 Å². The van der Waals surface area contributed by atoms with Gasteiger partial charge in [0.1, 0.15) is 0 Å². The molecule has 5 heteroatoms. The number of benzene rings is 2. The predicted molar refractivity (Wildman–Crippen MR) is 160 cm³/mol. The van der Waals surface area contributed by atoms with Crippen molar-refractivity contribution in [2.45, 2.75) is 87.5 Å². The Kier molecular flexibility index (Phi) is 5.92. The van der Waals surface area contributed by atoms with Crippen LogP contribution in [0, 0.1) is 23.2 Å². The van der Waals surface area contributed by atoms with Crippen molar-refractivity contribution < 1.29 is 23.9 Å². The molecule has 0 bridgehead atoms. The number of carbonyl (C=O) groups excluding carboxylic acids is 3. The molecule has 0 spiro atoms. The standard InChI is InChI=1S/C36H40O5/c1-18(2)24-13-25(23-10-11-27-28(12-23)41-17-40-27)20(4)30-26(24)15-34(7)16-35(8)14-19(3)29(22(6)37)33(39)36(35,9)21(5)31(34)32(30)38/h10-13,18H,14-17H2,1-9H3. The average Bonchev–Trinajstić information content (AvgIpc) is 3.33. The lowest BCUT2D eigenvalue weighted by Crippen LogP contribution is -2.57. The molecule has 6 rings (SSSR count). The summed E-state index contributed by atoms with van der Waals surface area (Å²) >= 11 is 0. The minimum absolute atomic E-state index is 0.0277. The fourth-order valence-electron chi connectivity index (χ4n) is 8.89. The van der Waals surface area contributed by atoms with Gasteiger partial charge in [0.2, 0.25) is 6.79 Å². The maximum absolute atomic E-state index is 14.8. The molecule has 0 N–H and O–H groups in total. The molecule has 2 aromatic carbocycles. The van der Waals surface area contributed by atoms with Crippen molar-refractivity contribution in [1.29, 1.82) is 0 Å². The first kappa shape index (κ1) is 27.7. The van der Waals surface area contributed by atoms with Gasteiger partial charge >= 0.3 is 0 Å². The Morgan fingerprint density at radius 3 is 2.29 bits per heavy atom. The first-order valence-electron chi connectivity index (χ1n) is 14.7. The van der Waals surface area contributed by atoms with Crippen LogP contribution in [0.2, 0.25) is 0 Å². The second-order valence-electron chi connectivity index (χ2n) is 13.9. The van der Waals surface area contributed by atoms with E-state index in [2.05, 4.69) is 33.8 Å². The molecular formula is C36H40O5. The Morgan fingerprint density at radius 1 is 0.951 bits per heavy atom. The number of rotatable bonds is 3. The van der Waals surface area contributed by atoms with Gasteiger partial charge in [-0.1, -0.05) is 51.0 Å². The average molecular weight is 553 g/mol. The van der Waals surface area contributed by atoms with Crippen LogP contribution in [0.4, 0.5) is 0 Å². The summed E-state index contributed by atoms with van der Waals surface area (Å²) in [5, 5.41) is 0. The summed E-state index contributed by atoms with van der Waals surface area (Å²) in [4.78, 5) is 41.7. The maximum Gasteiger partial charge on any atom is 0.231 e. The van der Waals surface area contributed by atoms with Gasteiger partial charge in [-0.25, -0.2) is 0 Å². The number of Topliss-reactive ketones (excluding diaryl/α,β-unsaturated/α-hetero) is 3. The van der Waals surface area contributed by atoms with Gasteiger partial charge in [0.15, 0.2) is 28.8 Å². The predicted octanol–water partition coefficient (Wildman–Crippen LogP) is 7.87. The third kappa shape index (κ3) is 3.57. The van der Waals surface area contributed by atoms with Crippen LogP contribution in [0.25, 0.3) is 11.1 Å². The Bertz CT molecular complexity index is 1650. The number of hydrogen-bond acceptors (Lipinski definition) is 5. The molecule has 3 atom stereocenters. The lowest BCUT2D eigenvalue weighted by Gasteiger charge is -2.59. The third-order valence-corrected chi connectivity index (χ3v) is 10.9. The van der Waals surface area contributed by atoms with E-state index in [0.29, 0.717) is 24.2 Å². The lowest BCUT2D eigenvalue weighted by molar-refractivity contribution is -0.134. The van der Waals surface area contributed by atoms with Crippen molar-refractivity contribution in [3.05, 3.63) is 68.8 Å². The molecule has 0 radical (unpaired) electrons. The Labute approximate surface area is 243 Å². The smallest absolute Gasteiger partial charge is 0.231 e. The molecule has 0 aromatic heterocycles. The summed E-state index contributed by atoms with van der Waals surface area (Å²) in [5.41, 5.74) is 7.11. The van der Waals surface area contributed by atoms with Crippen molar-refractivity contribution in [2.24, 2.45) is 16.2 Å². The summed E-state index contributed by atoms with van der Waals surface area (Å²) in [6.45, 7) is 18.4. The van der Waals surface area contributed by atoms with Gasteiger partial charge < -0.3 is 9.47 Å². The van der Waals surface area contributed by atoms with Crippen LogP contribution in [-0.4, -0.2) is 24.1 Å². The van der Waals surface area contributed by atoms with Crippen LogP contribution in [0.3, 0.4) is 0 Å².